The van der Waals surface area contributed by atoms with Crippen LogP contribution in [0.25, 0.3) is 0 Å². The molecule has 0 aromatic carbocycles. The third-order valence-corrected chi connectivity index (χ3v) is 5.46. The van der Waals surface area contributed by atoms with Crippen LogP contribution in [0.5, 0.6) is 0 Å². The van der Waals surface area contributed by atoms with Gasteiger partial charge in [-0.15, -0.1) is 0 Å². The van der Waals surface area contributed by atoms with Gasteiger partial charge < -0.3 is 10.5 Å². The summed E-state index contributed by atoms with van der Waals surface area (Å²) in [6, 6.07) is 0. The number of nitrogens with two attached hydrogens (primary N) is 1. The van der Waals surface area contributed by atoms with Crippen LogP contribution >= 0.6 is 0 Å². The van der Waals surface area contributed by atoms with Gasteiger partial charge in [-0.2, -0.15) is 0 Å². The maximum absolute atomic E-state index is 12.9. The highest BCUT2D eigenvalue weighted by atomic mass is 16.6. The molecule has 0 aromatic rings. The maximum Gasteiger partial charge on any atom is 0.312 e. The van der Waals surface area contributed by atoms with Crippen LogP contribution in [-0.2, 0) is 9.53 Å². The van der Waals surface area contributed by atoms with Crippen molar-refractivity contribution in [1.82, 2.24) is 0 Å². The third kappa shape index (κ3) is 2.18. The summed E-state index contributed by atoms with van der Waals surface area (Å²) in [6.07, 6.45) is 6.09. The molecule has 3 nitrogen and oxygen atoms in total. The number of hydrogen-bond donors (Lipinski definition) is 1. The SMILES string of the molecule is CC12CC3(C)CC(N)(C1)CC(C(=O)OC(C)(C)C)(C2)C3. The lowest BCUT2D eigenvalue weighted by atomic mass is 9.38. The summed E-state index contributed by atoms with van der Waals surface area (Å²) in [5.74, 6) is -0.00336. The van der Waals surface area contributed by atoms with E-state index in [0.29, 0.717) is 0 Å². The van der Waals surface area contributed by atoms with Crippen molar-refractivity contribution in [3.05, 3.63) is 0 Å². The van der Waals surface area contributed by atoms with Gasteiger partial charge in [0.25, 0.3) is 0 Å². The van der Waals surface area contributed by atoms with Gasteiger partial charge in [0.05, 0.1) is 5.41 Å². The monoisotopic (exact) mass is 279 g/mol. The highest BCUT2D eigenvalue weighted by molar-refractivity contribution is 5.78. The largest absolute Gasteiger partial charge is 0.460 e. The molecule has 4 saturated carbocycles. The molecule has 0 aromatic heterocycles. The van der Waals surface area contributed by atoms with Gasteiger partial charge in [0.15, 0.2) is 0 Å². The first-order valence-electron chi connectivity index (χ1n) is 7.89. The van der Waals surface area contributed by atoms with Gasteiger partial charge in [0.1, 0.15) is 5.60 Å². The summed E-state index contributed by atoms with van der Waals surface area (Å²) in [7, 11) is 0. The minimum absolute atomic E-state index is 0.00336. The molecule has 3 heteroatoms. The molecule has 0 spiro atoms. The molecule has 4 aliphatic rings. The molecule has 0 radical (unpaired) electrons. The van der Waals surface area contributed by atoms with Crippen molar-refractivity contribution < 1.29 is 9.53 Å². The van der Waals surface area contributed by atoms with Gasteiger partial charge in [-0.25, -0.2) is 0 Å². The smallest absolute Gasteiger partial charge is 0.312 e. The Morgan fingerprint density at radius 3 is 1.85 bits per heavy atom. The Morgan fingerprint density at radius 1 is 0.950 bits per heavy atom. The molecule has 0 amide bonds. The number of ether oxygens (including phenoxy) is 1. The topological polar surface area (TPSA) is 52.3 Å². The van der Waals surface area contributed by atoms with Gasteiger partial charge in [-0.1, -0.05) is 13.8 Å². The van der Waals surface area contributed by atoms with Crippen LogP contribution in [0, 0.1) is 16.2 Å². The summed E-state index contributed by atoms with van der Waals surface area (Å²) in [5, 5.41) is 0. The molecule has 0 heterocycles. The van der Waals surface area contributed by atoms with E-state index in [0.717, 1.165) is 32.1 Å². The zero-order chi connectivity index (χ0) is 15.0. The minimum atomic E-state index is -0.413. The molecule has 4 rings (SSSR count). The predicted octanol–water partition coefficient (Wildman–Crippen LogP) is 3.41. The van der Waals surface area contributed by atoms with E-state index in [9.17, 15) is 4.79 Å². The van der Waals surface area contributed by atoms with Gasteiger partial charge in [-0.05, 0) is 70.1 Å². The molecular weight excluding hydrogens is 250 g/mol. The number of esters is 1. The molecule has 0 saturated heterocycles. The van der Waals surface area contributed by atoms with E-state index in [-0.39, 0.29) is 27.8 Å². The number of carbonyl (C=O) groups excluding carboxylic acids is 1. The molecule has 114 valence electrons. The Hall–Kier alpha value is -0.570. The van der Waals surface area contributed by atoms with Crippen molar-refractivity contribution in [2.24, 2.45) is 22.0 Å². The first-order chi connectivity index (χ1) is 8.87. The Bertz CT molecular complexity index is 409. The average Bonchev–Trinajstić information content (AvgIpc) is 2.05. The molecule has 4 aliphatic carbocycles. The Morgan fingerprint density at radius 2 is 1.45 bits per heavy atom. The number of hydrogen-bond acceptors (Lipinski definition) is 3. The first-order valence-corrected chi connectivity index (χ1v) is 7.89. The highest BCUT2D eigenvalue weighted by Crippen LogP contribution is 2.70. The normalized spacial score (nSPS) is 50.3. The van der Waals surface area contributed by atoms with Crippen molar-refractivity contribution in [1.29, 1.82) is 0 Å². The Labute approximate surface area is 122 Å². The Balaban J connectivity index is 1.96. The first kappa shape index (κ1) is 14.4. The standard InChI is InChI=1S/C17H29NO2/c1-13(2,3)20-12(19)16-7-14(4)6-15(5,8-16)10-17(18,9-14)11-16/h6-11,18H2,1-5H3. The van der Waals surface area contributed by atoms with Crippen molar-refractivity contribution in [2.75, 3.05) is 0 Å². The van der Waals surface area contributed by atoms with Crippen molar-refractivity contribution in [2.45, 2.75) is 84.3 Å². The zero-order valence-corrected chi connectivity index (χ0v) is 13.6. The van der Waals surface area contributed by atoms with Crippen LogP contribution in [0.2, 0.25) is 0 Å². The fourth-order valence-electron chi connectivity index (χ4n) is 6.39. The van der Waals surface area contributed by atoms with Gasteiger partial charge >= 0.3 is 5.97 Å². The number of rotatable bonds is 1. The third-order valence-electron chi connectivity index (χ3n) is 5.46. The van der Waals surface area contributed by atoms with Gasteiger partial charge in [-0.3, -0.25) is 4.79 Å². The van der Waals surface area contributed by atoms with Crippen LogP contribution in [0.3, 0.4) is 0 Å². The van der Waals surface area contributed by atoms with Crippen LogP contribution in [0.4, 0.5) is 0 Å². The van der Waals surface area contributed by atoms with Crippen LogP contribution < -0.4 is 5.73 Å². The fourth-order valence-corrected chi connectivity index (χ4v) is 6.39. The second-order valence-electron chi connectivity index (χ2n) is 9.83. The average molecular weight is 279 g/mol. The molecular formula is C17H29NO2. The second kappa shape index (κ2) is 3.60. The quantitative estimate of drug-likeness (QED) is 0.748. The lowest BCUT2D eigenvalue weighted by Gasteiger charge is -2.67. The fraction of sp³-hybridized carbons (Fsp3) is 0.941. The molecule has 2 unspecified atom stereocenters. The van der Waals surface area contributed by atoms with E-state index in [2.05, 4.69) is 13.8 Å². The number of carbonyl (C=O) groups is 1. The summed E-state index contributed by atoms with van der Waals surface area (Å²) in [5.41, 5.74) is 6.20. The summed E-state index contributed by atoms with van der Waals surface area (Å²) in [4.78, 5) is 12.9. The molecule has 2 N–H and O–H groups in total. The predicted molar refractivity (Wildman–Crippen MR) is 79.1 cm³/mol. The highest BCUT2D eigenvalue weighted by Gasteiger charge is 2.67. The molecule has 2 atom stereocenters. The summed E-state index contributed by atoms with van der Waals surface area (Å²) < 4.78 is 5.76. The zero-order valence-electron chi connectivity index (χ0n) is 13.6. The van der Waals surface area contributed by atoms with Crippen LogP contribution in [0.15, 0.2) is 0 Å². The van der Waals surface area contributed by atoms with E-state index >= 15 is 0 Å². The van der Waals surface area contributed by atoms with E-state index in [1.54, 1.807) is 0 Å². The van der Waals surface area contributed by atoms with E-state index in [1.165, 1.54) is 6.42 Å². The maximum atomic E-state index is 12.9. The van der Waals surface area contributed by atoms with Gasteiger partial charge in [0, 0.05) is 5.54 Å². The molecule has 4 bridgehead atoms. The van der Waals surface area contributed by atoms with Crippen LogP contribution in [-0.4, -0.2) is 17.1 Å². The summed E-state index contributed by atoms with van der Waals surface area (Å²) >= 11 is 0. The lowest BCUT2D eigenvalue weighted by molar-refractivity contribution is -0.203. The van der Waals surface area contributed by atoms with Crippen molar-refractivity contribution in [3.63, 3.8) is 0 Å². The van der Waals surface area contributed by atoms with Crippen LogP contribution in [0.1, 0.15) is 73.1 Å². The van der Waals surface area contributed by atoms with E-state index in [4.69, 9.17) is 10.5 Å². The summed E-state index contributed by atoms with van der Waals surface area (Å²) in [6.45, 7) is 10.5. The van der Waals surface area contributed by atoms with E-state index < -0.39 is 5.60 Å². The van der Waals surface area contributed by atoms with Crippen molar-refractivity contribution in [3.8, 4) is 0 Å². The van der Waals surface area contributed by atoms with E-state index in [1.807, 2.05) is 20.8 Å². The van der Waals surface area contributed by atoms with Gasteiger partial charge in [0.2, 0.25) is 0 Å². The lowest BCUT2D eigenvalue weighted by Crippen LogP contribution is -2.68. The Kier molecular flexibility index (Phi) is 2.59. The molecule has 20 heavy (non-hydrogen) atoms. The van der Waals surface area contributed by atoms with Crippen molar-refractivity contribution >= 4 is 5.97 Å². The molecule has 0 aliphatic heterocycles. The minimum Gasteiger partial charge on any atom is -0.460 e. The second-order valence-corrected chi connectivity index (χ2v) is 9.83. The molecule has 4 fully saturated rings.